The lowest BCUT2D eigenvalue weighted by atomic mass is 10.2. The molecule has 1 fully saturated rings. The number of ether oxygens (including phenoxy) is 1. The maximum absolute atomic E-state index is 9.85. The fourth-order valence-electron chi connectivity index (χ4n) is 2.32. The van der Waals surface area contributed by atoms with Gasteiger partial charge in [-0.15, -0.1) is 0 Å². The number of hydrogen-bond acceptors (Lipinski definition) is 5. The quantitative estimate of drug-likeness (QED) is 0.869. The molecule has 0 radical (unpaired) electrons. The zero-order chi connectivity index (χ0) is 13.8. The lowest BCUT2D eigenvalue weighted by Gasteiger charge is -2.26. The molecule has 0 aliphatic carbocycles. The summed E-state index contributed by atoms with van der Waals surface area (Å²) in [5.74, 6) is 0. The van der Waals surface area contributed by atoms with Gasteiger partial charge in [0.25, 0.3) is 0 Å². The van der Waals surface area contributed by atoms with Gasteiger partial charge in [-0.05, 0) is 33.2 Å². The maximum Gasteiger partial charge on any atom is 0.0948 e. The van der Waals surface area contributed by atoms with Crippen molar-refractivity contribution in [3.63, 3.8) is 0 Å². The molecule has 19 heavy (non-hydrogen) atoms. The Morgan fingerprint density at radius 2 is 2.26 bits per heavy atom. The third-order valence-corrected chi connectivity index (χ3v) is 3.14. The second kappa shape index (κ2) is 6.32. The van der Waals surface area contributed by atoms with Gasteiger partial charge in [-0.2, -0.15) is 0 Å². The Morgan fingerprint density at radius 3 is 3.00 bits per heavy atom. The highest BCUT2D eigenvalue weighted by molar-refractivity contribution is 5.51. The van der Waals surface area contributed by atoms with Crippen LogP contribution in [0.2, 0.25) is 0 Å². The van der Waals surface area contributed by atoms with Gasteiger partial charge in [-0.25, -0.2) is 0 Å². The summed E-state index contributed by atoms with van der Waals surface area (Å²) in [7, 11) is 4.07. The first-order valence-electron chi connectivity index (χ1n) is 6.68. The van der Waals surface area contributed by atoms with Gasteiger partial charge in [-0.1, -0.05) is 0 Å². The fraction of sp³-hybridized carbons (Fsp3) is 0.643. The molecule has 1 aromatic rings. The summed E-state index contributed by atoms with van der Waals surface area (Å²) >= 11 is 0. The van der Waals surface area contributed by atoms with Crippen molar-refractivity contribution in [2.24, 2.45) is 0 Å². The Morgan fingerprint density at radius 1 is 1.47 bits per heavy atom. The molecular weight excluding hydrogens is 242 g/mol. The molecule has 1 saturated heterocycles. The average Bonchev–Trinajstić information content (AvgIpc) is 2.53. The Labute approximate surface area is 114 Å². The fourth-order valence-corrected chi connectivity index (χ4v) is 2.32. The highest BCUT2D eigenvalue weighted by atomic mass is 16.5. The molecule has 0 spiro atoms. The first-order valence-corrected chi connectivity index (χ1v) is 6.68. The van der Waals surface area contributed by atoms with E-state index in [-0.39, 0.29) is 0 Å². The SMILES string of the molecule is Cc1ccc(N2CCOC[C@@H](O)C2)c(CN(C)C)n1. The summed E-state index contributed by atoms with van der Waals surface area (Å²) in [6.07, 6.45) is -0.434. The second-order valence-corrected chi connectivity index (χ2v) is 5.33. The van der Waals surface area contributed by atoms with E-state index in [1.807, 2.05) is 27.1 Å². The van der Waals surface area contributed by atoms with Crippen LogP contribution in [-0.4, -0.2) is 61.5 Å². The third kappa shape index (κ3) is 3.89. The molecule has 5 heteroatoms. The van der Waals surface area contributed by atoms with Crippen LogP contribution in [0, 0.1) is 6.92 Å². The minimum atomic E-state index is -0.434. The summed E-state index contributed by atoms with van der Waals surface area (Å²) in [5, 5.41) is 9.85. The van der Waals surface area contributed by atoms with Crippen molar-refractivity contribution in [2.45, 2.75) is 19.6 Å². The van der Waals surface area contributed by atoms with E-state index < -0.39 is 6.10 Å². The molecule has 2 rings (SSSR count). The van der Waals surface area contributed by atoms with Crippen LogP contribution in [-0.2, 0) is 11.3 Å². The predicted molar refractivity (Wildman–Crippen MR) is 75.4 cm³/mol. The summed E-state index contributed by atoms with van der Waals surface area (Å²) in [6, 6.07) is 4.12. The molecule has 5 nitrogen and oxygen atoms in total. The molecule has 106 valence electrons. The molecule has 0 aromatic carbocycles. The van der Waals surface area contributed by atoms with E-state index in [4.69, 9.17) is 4.74 Å². The zero-order valence-electron chi connectivity index (χ0n) is 12.0. The molecule has 1 aliphatic rings. The van der Waals surface area contributed by atoms with Crippen molar-refractivity contribution in [3.8, 4) is 0 Å². The predicted octanol–water partition coefficient (Wildman–Crippen LogP) is 0.649. The third-order valence-electron chi connectivity index (χ3n) is 3.14. The van der Waals surface area contributed by atoms with E-state index in [9.17, 15) is 5.11 Å². The van der Waals surface area contributed by atoms with Crippen molar-refractivity contribution >= 4 is 5.69 Å². The summed E-state index contributed by atoms with van der Waals surface area (Å²) in [4.78, 5) is 8.92. The summed E-state index contributed by atoms with van der Waals surface area (Å²) < 4.78 is 5.38. The van der Waals surface area contributed by atoms with E-state index in [1.54, 1.807) is 0 Å². The Hall–Kier alpha value is -1.17. The molecule has 0 saturated carbocycles. The zero-order valence-corrected chi connectivity index (χ0v) is 12.0. The molecule has 1 N–H and O–H groups in total. The van der Waals surface area contributed by atoms with Crippen LogP contribution in [0.3, 0.4) is 0 Å². The molecule has 0 amide bonds. The van der Waals surface area contributed by atoms with E-state index in [1.165, 1.54) is 0 Å². The van der Waals surface area contributed by atoms with E-state index >= 15 is 0 Å². The number of β-amino-alcohol motifs (C(OH)–C–C–N with tert-alkyl or cyclic N) is 1. The van der Waals surface area contributed by atoms with Gasteiger partial charge in [0, 0.05) is 25.3 Å². The minimum Gasteiger partial charge on any atom is -0.389 e. The first-order chi connectivity index (χ1) is 9.06. The molecule has 1 aromatic heterocycles. The number of aliphatic hydroxyl groups excluding tert-OH is 1. The van der Waals surface area contributed by atoms with Gasteiger partial charge in [0.05, 0.1) is 30.7 Å². The van der Waals surface area contributed by atoms with Crippen LogP contribution in [0.5, 0.6) is 0 Å². The highest BCUT2D eigenvalue weighted by Gasteiger charge is 2.19. The Kier molecular flexibility index (Phi) is 4.74. The first kappa shape index (κ1) is 14.2. The van der Waals surface area contributed by atoms with Crippen LogP contribution in [0.15, 0.2) is 12.1 Å². The molecule has 0 bridgehead atoms. The normalized spacial score (nSPS) is 20.7. The molecule has 2 heterocycles. The standard InChI is InChI=1S/C14H23N3O2/c1-11-4-5-14(13(15-11)9-16(2)3)17-6-7-19-10-12(18)8-17/h4-5,12,18H,6-10H2,1-3H3/t12-/m0/s1. The average molecular weight is 265 g/mol. The Balaban J connectivity index is 2.26. The number of hydrogen-bond donors (Lipinski definition) is 1. The molecule has 0 unspecified atom stereocenters. The minimum absolute atomic E-state index is 0.415. The monoisotopic (exact) mass is 265 g/mol. The van der Waals surface area contributed by atoms with Crippen molar-refractivity contribution in [1.82, 2.24) is 9.88 Å². The van der Waals surface area contributed by atoms with Gasteiger partial charge in [0.2, 0.25) is 0 Å². The maximum atomic E-state index is 9.85. The van der Waals surface area contributed by atoms with Crippen LogP contribution in [0.1, 0.15) is 11.4 Å². The van der Waals surface area contributed by atoms with Crippen molar-refractivity contribution in [1.29, 1.82) is 0 Å². The van der Waals surface area contributed by atoms with Gasteiger partial charge in [0.1, 0.15) is 0 Å². The smallest absolute Gasteiger partial charge is 0.0948 e. The molecular formula is C14H23N3O2. The molecule has 1 aliphatic heterocycles. The summed E-state index contributed by atoms with van der Waals surface area (Å²) in [6.45, 7) is 5.26. The van der Waals surface area contributed by atoms with E-state index in [0.29, 0.717) is 19.8 Å². The largest absolute Gasteiger partial charge is 0.389 e. The second-order valence-electron chi connectivity index (χ2n) is 5.33. The number of rotatable bonds is 3. The number of aryl methyl sites for hydroxylation is 1. The van der Waals surface area contributed by atoms with Crippen LogP contribution < -0.4 is 4.90 Å². The number of pyridine rings is 1. The van der Waals surface area contributed by atoms with Gasteiger partial charge in [-0.3, -0.25) is 4.98 Å². The van der Waals surface area contributed by atoms with Crippen LogP contribution in [0.4, 0.5) is 5.69 Å². The van der Waals surface area contributed by atoms with Crippen molar-refractivity contribution in [2.75, 3.05) is 45.3 Å². The van der Waals surface area contributed by atoms with Gasteiger partial charge in [0.15, 0.2) is 0 Å². The number of nitrogens with zero attached hydrogens (tertiary/aromatic N) is 3. The number of aromatic nitrogens is 1. The highest BCUT2D eigenvalue weighted by Crippen LogP contribution is 2.21. The summed E-state index contributed by atoms with van der Waals surface area (Å²) in [5.41, 5.74) is 3.18. The number of aliphatic hydroxyl groups is 1. The Bertz CT molecular complexity index is 423. The van der Waals surface area contributed by atoms with Gasteiger partial charge >= 0.3 is 0 Å². The van der Waals surface area contributed by atoms with E-state index in [2.05, 4.69) is 20.9 Å². The van der Waals surface area contributed by atoms with Crippen molar-refractivity contribution < 1.29 is 9.84 Å². The molecule has 1 atom stereocenters. The van der Waals surface area contributed by atoms with Gasteiger partial charge < -0.3 is 19.6 Å². The van der Waals surface area contributed by atoms with E-state index in [0.717, 1.165) is 30.2 Å². The van der Waals surface area contributed by atoms with Crippen LogP contribution in [0.25, 0.3) is 0 Å². The van der Waals surface area contributed by atoms with Crippen molar-refractivity contribution in [3.05, 3.63) is 23.5 Å². The lowest BCUT2D eigenvalue weighted by molar-refractivity contribution is 0.0597. The van der Waals surface area contributed by atoms with Crippen LogP contribution >= 0.6 is 0 Å². The number of anilines is 1. The topological polar surface area (TPSA) is 48.8 Å². The lowest BCUT2D eigenvalue weighted by Crippen LogP contribution is -2.34.